The molecule has 1 fully saturated rings. The lowest BCUT2D eigenvalue weighted by atomic mass is 10.3. The van der Waals surface area contributed by atoms with Gasteiger partial charge in [-0.1, -0.05) is 13.3 Å². The van der Waals surface area contributed by atoms with Gasteiger partial charge in [-0.2, -0.15) is 0 Å². The van der Waals surface area contributed by atoms with E-state index in [9.17, 15) is 0 Å². The molecule has 3 nitrogen and oxygen atoms in total. The van der Waals surface area contributed by atoms with Crippen molar-refractivity contribution in [2.24, 2.45) is 0 Å². The van der Waals surface area contributed by atoms with E-state index in [2.05, 4.69) is 24.1 Å². The van der Waals surface area contributed by atoms with Crippen molar-refractivity contribution < 1.29 is 4.74 Å². The minimum absolute atomic E-state index is 0.848. The Kier molecular flexibility index (Phi) is 9.54. The maximum absolute atomic E-state index is 5.33. The molecule has 0 saturated heterocycles. The molecule has 1 aliphatic rings. The summed E-state index contributed by atoms with van der Waals surface area (Å²) in [5.41, 5.74) is 0. The third kappa shape index (κ3) is 8.06. The Bertz CT molecular complexity index is 183. The van der Waals surface area contributed by atoms with Crippen LogP contribution in [0.25, 0.3) is 0 Å². The van der Waals surface area contributed by atoms with E-state index in [1.165, 1.54) is 51.6 Å². The lowest BCUT2D eigenvalue weighted by Crippen LogP contribution is -2.34. The Morgan fingerprint density at radius 3 is 2.56 bits per heavy atom. The summed E-state index contributed by atoms with van der Waals surface area (Å²) in [6.45, 7) is 10.9. The number of hydrogen-bond donors (Lipinski definition) is 1. The van der Waals surface area contributed by atoms with Gasteiger partial charge in [0, 0.05) is 32.3 Å². The number of ether oxygens (including phenoxy) is 1. The van der Waals surface area contributed by atoms with Crippen LogP contribution in [0.2, 0.25) is 0 Å². The summed E-state index contributed by atoms with van der Waals surface area (Å²) in [7, 11) is 0. The molecule has 1 aliphatic carbocycles. The molecule has 0 unspecified atom stereocenters. The summed E-state index contributed by atoms with van der Waals surface area (Å²) < 4.78 is 5.33. The SMILES string of the molecule is CCCCN(CCNCCCCOCC)C1CC1. The van der Waals surface area contributed by atoms with Crippen LogP contribution >= 0.6 is 0 Å². The monoisotopic (exact) mass is 256 g/mol. The maximum Gasteiger partial charge on any atom is 0.0466 e. The molecule has 3 heteroatoms. The van der Waals surface area contributed by atoms with Crippen molar-refractivity contribution in [3.63, 3.8) is 0 Å². The first-order valence-corrected chi connectivity index (χ1v) is 7.91. The summed E-state index contributed by atoms with van der Waals surface area (Å²) in [5, 5.41) is 3.55. The highest BCUT2D eigenvalue weighted by molar-refractivity contribution is 4.84. The van der Waals surface area contributed by atoms with E-state index >= 15 is 0 Å². The van der Waals surface area contributed by atoms with Gasteiger partial charge in [0.1, 0.15) is 0 Å². The van der Waals surface area contributed by atoms with Crippen molar-refractivity contribution in [3.05, 3.63) is 0 Å². The van der Waals surface area contributed by atoms with Gasteiger partial charge in [0.05, 0.1) is 0 Å². The van der Waals surface area contributed by atoms with Gasteiger partial charge in [-0.3, -0.25) is 4.90 Å². The van der Waals surface area contributed by atoms with E-state index in [0.29, 0.717) is 0 Å². The molecule has 0 aromatic carbocycles. The number of hydrogen-bond acceptors (Lipinski definition) is 3. The molecule has 0 aromatic heterocycles. The second-order valence-electron chi connectivity index (χ2n) is 5.27. The molecule has 0 heterocycles. The second kappa shape index (κ2) is 10.8. The Morgan fingerprint density at radius 2 is 1.89 bits per heavy atom. The highest BCUT2D eigenvalue weighted by Gasteiger charge is 2.27. The third-order valence-electron chi connectivity index (χ3n) is 3.53. The fourth-order valence-corrected chi connectivity index (χ4v) is 2.22. The molecule has 108 valence electrons. The zero-order chi connectivity index (χ0) is 13.1. The van der Waals surface area contributed by atoms with E-state index < -0.39 is 0 Å². The van der Waals surface area contributed by atoms with Gasteiger partial charge < -0.3 is 10.1 Å². The van der Waals surface area contributed by atoms with Crippen LogP contribution in [-0.4, -0.2) is 50.3 Å². The van der Waals surface area contributed by atoms with Crippen molar-refractivity contribution in [1.29, 1.82) is 0 Å². The van der Waals surface area contributed by atoms with Crippen molar-refractivity contribution in [1.82, 2.24) is 10.2 Å². The molecular weight excluding hydrogens is 224 g/mol. The average molecular weight is 256 g/mol. The molecule has 0 atom stereocenters. The quantitative estimate of drug-likeness (QED) is 0.513. The first kappa shape index (κ1) is 15.9. The maximum atomic E-state index is 5.33. The summed E-state index contributed by atoms with van der Waals surface area (Å²) >= 11 is 0. The molecule has 0 aromatic rings. The zero-order valence-corrected chi connectivity index (χ0v) is 12.4. The smallest absolute Gasteiger partial charge is 0.0466 e. The topological polar surface area (TPSA) is 24.5 Å². The fourth-order valence-electron chi connectivity index (χ4n) is 2.22. The van der Waals surface area contributed by atoms with Gasteiger partial charge in [0.25, 0.3) is 0 Å². The molecule has 0 radical (unpaired) electrons. The summed E-state index contributed by atoms with van der Waals surface area (Å²) in [6.07, 6.45) is 7.94. The molecule has 18 heavy (non-hydrogen) atoms. The van der Waals surface area contributed by atoms with E-state index in [1.54, 1.807) is 0 Å². The summed E-state index contributed by atoms with van der Waals surface area (Å²) in [6, 6.07) is 0.913. The van der Waals surface area contributed by atoms with E-state index in [0.717, 1.165) is 32.3 Å². The van der Waals surface area contributed by atoms with E-state index in [1.807, 2.05) is 0 Å². The number of rotatable bonds is 13. The predicted molar refractivity (Wildman–Crippen MR) is 78.1 cm³/mol. The van der Waals surface area contributed by atoms with Crippen LogP contribution < -0.4 is 5.32 Å². The molecular formula is C15H32N2O. The molecule has 1 rings (SSSR count). The van der Waals surface area contributed by atoms with Crippen molar-refractivity contribution >= 4 is 0 Å². The molecule has 0 aliphatic heterocycles. The van der Waals surface area contributed by atoms with Gasteiger partial charge >= 0.3 is 0 Å². The van der Waals surface area contributed by atoms with Crippen molar-refractivity contribution in [2.75, 3.05) is 39.4 Å². The molecule has 0 amide bonds. The van der Waals surface area contributed by atoms with E-state index in [4.69, 9.17) is 4.74 Å². The van der Waals surface area contributed by atoms with E-state index in [-0.39, 0.29) is 0 Å². The normalized spacial score (nSPS) is 15.5. The van der Waals surface area contributed by atoms with Gasteiger partial charge in [0.2, 0.25) is 0 Å². The van der Waals surface area contributed by atoms with Crippen LogP contribution in [0.5, 0.6) is 0 Å². The molecule has 0 bridgehead atoms. The molecule has 0 spiro atoms. The van der Waals surface area contributed by atoms with Gasteiger partial charge in [-0.25, -0.2) is 0 Å². The van der Waals surface area contributed by atoms with Crippen LogP contribution in [0.15, 0.2) is 0 Å². The fraction of sp³-hybridized carbons (Fsp3) is 1.00. The Balaban J connectivity index is 1.88. The van der Waals surface area contributed by atoms with Gasteiger partial charge in [0.15, 0.2) is 0 Å². The minimum Gasteiger partial charge on any atom is -0.382 e. The molecule has 1 saturated carbocycles. The van der Waals surface area contributed by atoms with Gasteiger partial charge in [-0.05, 0) is 52.1 Å². The van der Waals surface area contributed by atoms with Crippen LogP contribution in [-0.2, 0) is 4.74 Å². The number of unbranched alkanes of at least 4 members (excludes halogenated alkanes) is 2. The van der Waals surface area contributed by atoms with Crippen molar-refractivity contribution in [3.8, 4) is 0 Å². The first-order chi connectivity index (χ1) is 8.88. The van der Waals surface area contributed by atoms with Crippen LogP contribution in [0, 0.1) is 0 Å². The standard InChI is InChI=1S/C15H32N2O/c1-3-5-12-17(15-8-9-15)13-11-16-10-6-7-14-18-4-2/h15-16H,3-14H2,1-2H3. The summed E-state index contributed by atoms with van der Waals surface area (Å²) in [4.78, 5) is 2.68. The summed E-state index contributed by atoms with van der Waals surface area (Å²) in [5.74, 6) is 0. The Hall–Kier alpha value is -0.120. The first-order valence-electron chi connectivity index (χ1n) is 7.91. The highest BCUT2D eigenvalue weighted by Crippen LogP contribution is 2.26. The molecule has 1 N–H and O–H groups in total. The van der Waals surface area contributed by atoms with Crippen LogP contribution in [0.3, 0.4) is 0 Å². The lowest BCUT2D eigenvalue weighted by molar-refractivity contribution is 0.143. The number of nitrogens with one attached hydrogen (secondary N) is 1. The average Bonchev–Trinajstić information content (AvgIpc) is 3.20. The van der Waals surface area contributed by atoms with Crippen LogP contribution in [0.1, 0.15) is 52.4 Å². The van der Waals surface area contributed by atoms with Gasteiger partial charge in [-0.15, -0.1) is 0 Å². The minimum atomic E-state index is 0.848. The number of nitrogens with zero attached hydrogens (tertiary/aromatic N) is 1. The van der Waals surface area contributed by atoms with Crippen molar-refractivity contribution in [2.45, 2.75) is 58.4 Å². The Labute approximate surface area is 113 Å². The highest BCUT2D eigenvalue weighted by atomic mass is 16.5. The third-order valence-corrected chi connectivity index (χ3v) is 3.53. The Morgan fingerprint density at radius 1 is 1.06 bits per heavy atom. The van der Waals surface area contributed by atoms with Crippen LogP contribution in [0.4, 0.5) is 0 Å². The largest absolute Gasteiger partial charge is 0.382 e. The zero-order valence-electron chi connectivity index (χ0n) is 12.4. The lowest BCUT2D eigenvalue weighted by Gasteiger charge is -2.21. The second-order valence-corrected chi connectivity index (χ2v) is 5.27. The predicted octanol–water partition coefficient (Wildman–Crippen LogP) is 2.66.